The Hall–Kier alpha value is -2.40. The molecule has 0 radical (unpaired) electrons. The van der Waals surface area contributed by atoms with Crippen LogP contribution in [0.25, 0.3) is 0 Å². The highest BCUT2D eigenvalue weighted by molar-refractivity contribution is 7.89. The van der Waals surface area contributed by atoms with Crippen LogP contribution in [0.1, 0.15) is 39.5 Å². The molecule has 3 N–H and O–H groups in total. The number of hydrogen-bond donors (Lipinski definition) is 2. The van der Waals surface area contributed by atoms with Crippen molar-refractivity contribution in [3.63, 3.8) is 0 Å². The van der Waals surface area contributed by atoms with Crippen LogP contribution in [0.4, 0.5) is 10.5 Å². The molecule has 4 rings (SSSR count). The minimum atomic E-state index is -3.72. The molecule has 2 heterocycles. The highest BCUT2D eigenvalue weighted by Crippen LogP contribution is 2.33. The summed E-state index contributed by atoms with van der Waals surface area (Å²) in [5, 5.41) is 3.02. The zero-order valence-electron chi connectivity index (χ0n) is 21.6. The van der Waals surface area contributed by atoms with Crippen LogP contribution >= 0.6 is 0 Å². The maximum absolute atomic E-state index is 13.5. The summed E-state index contributed by atoms with van der Waals surface area (Å²) in [5.74, 6) is 0.447. The minimum Gasteiger partial charge on any atom is -0.443 e. The van der Waals surface area contributed by atoms with Crippen molar-refractivity contribution >= 4 is 21.8 Å². The zero-order valence-corrected chi connectivity index (χ0v) is 22.4. The number of amides is 1. The molecule has 1 aromatic carbocycles. The predicted octanol–water partition coefficient (Wildman–Crippen LogP) is 3.68. The van der Waals surface area contributed by atoms with Crippen LogP contribution in [0.5, 0.6) is 0 Å². The molecule has 2 aliphatic heterocycles. The summed E-state index contributed by atoms with van der Waals surface area (Å²) < 4.78 is 45.3. The van der Waals surface area contributed by atoms with Gasteiger partial charge in [0.1, 0.15) is 6.10 Å². The second-order valence-corrected chi connectivity index (χ2v) is 12.4. The molecule has 0 spiro atoms. The van der Waals surface area contributed by atoms with Gasteiger partial charge in [0, 0.05) is 24.8 Å². The molecular formula is C27H39N3O6S. The van der Waals surface area contributed by atoms with Crippen LogP contribution in [-0.4, -0.2) is 63.6 Å². The van der Waals surface area contributed by atoms with Crippen molar-refractivity contribution in [1.82, 2.24) is 9.62 Å². The van der Waals surface area contributed by atoms with E-state index in [1.54, 1.807) is 12.1 Å². The van der Waals surface area contributed by atoms with Gasteiger partial charge in [0.15, 0.2) is 6.29 Å². The number of rotatable bonds is 11. The number of hydrogen-bond acceptors (Lipinski definition) is 7. The fourth-order valence-corrected chi connectivity index (χ4v) is 6.73. The van der Waals surface area contributed by atoms with Crippen LogP contribution < -0.4 is 11.1 Å². The molecule has 0 saturated carbocycles. The molecule has 3 aliphatic rings. The van der Waals surface area contributed by atoms with Gasteiger partial charge in [0.25, 0.3) is 0 Å². The Morgan fingerprint density at radius 1 is 1.22 bits per heavy atom. The summed E-state index contributed by atoms with van der Waals surface area (Å²) in [6.45, 7) is 5.55. The van der Waals surface area contributed by atoms with E-state index in [0.717, 1.165) is 12.8 Å². The summed E-state index contributed by atoms with van der Waals surface area (Å²) in [6.07, 6.45) is 9.94. The molecule has 1 aromatic rings. The van der Waals surface area contributed by atoms with Crippen LogP contribution in [0.15, 0.2) is 53.5 Å². The van der Waals surface area contributed by atoms with E-state index >= 15 is 0 Å². The number of allylic oxidation sites excluding steroid dienone is 4. The lowest BCUT2D eigenvalue weighted by Crippen LogP contribution is -2.43. The third kappa shape index (κ3) is 7.34. The first-order valence-electron chi connectivity index (χ1n) is 13.1. The maximum atomic E-state index is 13.5. The quantitative estimate of drug-likeness (QED) is 0.416. The van der Waals surface area contributed by atoms with E-state index < -0.39 is 16.1 Å². The molecule has 2 saturated heterocycles. The Kier molecular flexibility index (Phi) is 9.28. The summed E-state index contributed by atoms with van der Waals surface area (Å²) in [5.41, 5.74) is 6.27. The number of anilines is 1. The van der Waals surface area contributed by atoms with Gasteiger partial charge in [0.05, 0.1) is 24.0 Å². The van der Waals surface area contributed by atoms with E-state index in [4.69, 9.17) is 19.9 Å². The first-order chi connectivity index (χ1) is 17.7. The molecule has 2 fully saturated rings. The molecule has 5 atom stereocenters. The van der Waals surface area contributed by atoms with Gasteiger partial charge in [-0.25, -0.2) is 13.2 Å². The second kappa shape index (κ2) is 12.4. The number of alkyl carbamates (subject to hydrolysis) is 1. The summed E-state index contributed by atoms with van der Waals surface area (Å²) in [7, 11) is -3.72. The molecule has 204 valence electrons. The minimum absolute atomic E-state index is 0.0576. The van der Waals surface area contributed by atoms with Gasteiger partial charge < -0.3 is 25.3 Å². The van der Waals surface area contributed by atoms with Crippen LogP contribution in [0.2, 0.25) is 0 Å². The molecule has 10 heteroatoms. The van der Waals surface area contributed by atoms with E-state index in [1.165, 1.54) is 16.4 Å². The first kappa shape index (κ1) is 27.6. The lowest BCUT2D eigenvalue weighted by molar-refractivity contribution is -0.0907. The number of sulfonamides is 1. The van der Waals surface area contributed by atoms with E-state index in [1.807, 2.05) is 26.0 Å². The molecule has 1 aliphatic carbocycles. The van der Waals surface area contributed by atoms with Gasteiger partial charge in [0.2, 0.25) is 10.0 Å². The van der Waals surface area contributed by atoms with Crippen molar-refractivity contribution in [3.8, 4) is 0 Å². The standard InChI is InChI=1S/C27H39N3O6S/c1-19(2)17-30(37(32,33)23-10-8-21(28)9-11-23)14-12-22(16-20-6-4-3-5-7-20)29-27(31)36-25-18-35-26-24(25)13-15-34-26/h3-6,8-11,19-20,22,24-26H,7,12-18,28H2,1-2H3,(H,29,31). The number of carbonyl (C=O) groups is 1. The average Bonchev–Trinajstić information content (AvgIpc) is 3.47. The molecule has 5 unspecified atom stereocenters. The number of carbonyl (C=O) groups excluding carboxylic acids is 1. The van der Waals surface area contributed by atoms with Gasteiger partial charge in [-0.15, -0.1) is 0 Å². The van der Waals surface area contributed by atoms with E-state index in [0.29, 0.717) is 38.3 Å². The fourth-order valence-electron chi connectivity index (χ4n) is 5.11. The number of nitrogens with two attached hydrogens (primary N) is 1. The van der Waals surface area contributed by atoms with Crippen molar-refractivity contribution in [3.05, 3.63) is 48.6 Å². The fraction of sp³-hybridized carbons (Fsp3) is 0.593. The third-order valence-corrected chi connectivity index (χ3v) is 8.92. The Balaban J connectivity index is 1.43. The molecule has 9 nitrogen and oxygen atoms in total. The van der Waals surface area contributed by atoms with Crippen molar-refractivity contribution in [1.29, 1.82) is 0 Å². The smallest absolute Gasteiger partial charge is 0.407 e. The molecule has 0 bridgehead atoms. The maximum Gasteiger partial charge on any atom is 0.407 e. The highest BCUT2D eigenvalue weighted by atomic mass is 32.2. The Labute approximate surface area is 220 Å². The topological polar surface area (TPSA) is 120 Å². The predicted molar refractivity (Wildman–Crippen MR) is 141 cm³/mol. The van der Waals surface area contributed by atoms with Gasteiger partial charge in [-0.05, 0) is 61.8 Å². The Morgan fingerprint density at radius 3 is 2.70 bits per heavy atom. The normalized spacial score (nSPS) is 25.9. The third-order valence-electron chi connectivity index (χ3n) is 7.04. The summed E-state index contributed by atoms with van der Waals surface area (Å²) in [6, 6.07) is 6.00. The SMILES string of the molecule is CC(C)CN(CCC(CC1C=CC=CC1)NC(=O)OC1COC2OCCC12)S(=O)(=O)c1ccc(N)cc1. The summed E-state index contributed by atoms with van der Waals surface area (Å²) >= 11 is 0. The Morgan fingerprint density at radius 2 is 2.00 bits per heavy atom. The first-order valence-corrected chi connectivity index (χ1v) is 14.6. The van der Waals surface area contributed by atoms with E-state index in [9.17, 15) is 13.2 Å². The van der Waals surface area contributed by atoms with Crippen molar-refractivity contribution in [2.45, 2.75) is 62.9 Å². The van der Waals surface area contributed by atoms with Crippen molar-refractivity contribution in [2.75, 3.05) is 32.0 Å². The van der Waals surface area contributed by atoms with Crippen LogP contribution in [0.3, 0.4) is 0 Å². The molecule has 37 heavy (non-hydrogen) atoms. The van der Waals surface area contributed by atoms with Crippen molar-refractivity contribution in [2.24, 2.45) is 17.8 Å². The highest BCUT2D eigenvalue weighted by Gasteiger charge is 2.44. The summed E-state index contributed by atoms with van der Waals surface area (Å²) in [4.78, 5) is 13.1. The average molecular weight is 534 g/mol. The molecule has 1 amide bonds. The number of nitrogens with one attached hydrogen (secondary N) is 1. The molecule has 0 aromatic heterocycles. The van der Waals surface area contributed by atoms with Gasteiger partial charge in [-0.1, -0.05) is 38.2 Å². The van der Waals surface area contributed by atoms with Crippen LogP contribution in [-0.2, 0) is 24.2 Å². The van der Waals surface area contributed by atoms with Gasteiger partial charge in [-0.2, -0.15) is 4.31 Å². The number of nitrogen functional groups attached to an aromatic ring is 1. The zero-order chi connectivity index (χ0) is 26.4. The van der Waals surface area contributed by atoms with E-state index in [-0.39, 0.29) is 47.6 Å². The van der Waals surface area contributed by atoms with Crippen LogP contribution in [0, 0.1) is 17.8 Å². The monoisotopic (exact) mass is 533 g/mol. The van der Waals surface area contributed by atoms with Crippen molar-refractivity contribution < 1.29 is 27.4 Å². The number of benzene rings is 1. The lowest BCUT2D eigenvalue weighted by atomic mass is 9.92. The second-order valence-electron chi connectivity index (χ2n) is 10.5. The van der Waals surface area contributed by atoms with E-state index in [2.05, 4.69) is 17.5 Å². The number of ether oxygens (including phenoxy) is 3. The number of fused-ring (bicyclic) bond motifs is 1. The largest absolute Gasteiger partial charge is 0.443 e. The Bertz CT molecular complexity index is 1070. The lowest BCUT2D eigenvalue weighted by Gasteiger charge is -2.28. The number of nitrogens with zero attached hydrogens (tertiary/aromatic N) is 1. The van der Waals surface area contributed by atoms with Gasteiger partial charge in [-0.3, -0.25) is 0 Å². The molecular weight excluding hydrogens is 494 g/mol. The van der Waals surface area contributed by atoms with Gasteiger partial charge >= 0.3 is 6.09 Å².